The van der Waals surface area contributed by atoms with Crippen LogP contribution in [0.3, 0.4) is 0 Å². The van der Waals surface area contributed by atoms with Crippen molar-refractivity contribution < 1.29 is 9.90 Å². The molecular formula is C12H16ClNO2. The number of nitrogens with zero attached hydrogens (tertiary/aromatic N) is 1. The zero-order chi connectivity index (χ0) is 12.3. The van der Waals surface area contributed by atoms with Crippen LogP contribution in [0.5, 0.6) is 0 Å². The largest absolute Gasteiger partial charge is 0.394 e. The van der Waals surface area contributed by atoms with Gasteiger partial charge in [-0.2, -0.15) is 0 Å². The van der Waals surface area contributed by atoms with E-state index in [1.165, 1.54) is 0 Å². The fraction of sp³-hybridized carbons (Fsp3) is 0.417. The highest BCUT2D eigenvalue weighted by atomic mass is 35.5. The summed E-state index contributed by atoms with van der Waals surface area (Å²) in [7, 11) is 1.88. The summed E-state index contributed by atoms with van der Waals surface area (Å²) < 4.78 is 0. The summed E-state index contributed by atoms with van der Waals surface area (Å²) in [4.78, 5) is 12.5. The summed E-state index contributed by atoms with van der Waals surface area (Å²) in [6, 6.07) is 5.21. The highest BCUT2D eigenvalue weighted by Crippen LogP contribution is 2.26. The molecular weight excluding hydrogens is 226 g/mol. The molecule has 0 aliphatic heterocycles. The van der Waals surface area contributed by atoms with Gasteiger partial charge in [0, 0.05) is 18.3 Å². The molecule has 1 aromatic carbocycles. The lowest BCUT2D eigenvalue weighted by molar-refractivity contribution is 0.112. The molecule has 0 atom stereocenters. The van der Waals surface area contributed by atoms with Crippen molar-refractivity contribution >= 4 is 23.6 Å². The minimum Gasteiger partial charge on any atom is -0.394 e. The summed E-state index contributed by atoms with van der Waals surface area (Å²) >= 11 is 5.95. The minimum atomic E-state index is -0.369. The Morgan fingerprint density at radius 2 is 2.12 bits per heavy atom. The summed E-state index contributed by atoms with van der Waals surface area (Å²) in [5, 5.41) is 9.69. The van der Waals surface area contributed by atoms with Crippen molar-refractivity contribution in [2.45, 2.75) is 19.4 Å². The Bertz CT molecular complexity index is 391. The zero-order valence-corrected chi connectivity index (χ0v) is 10.5. The summed E-state index contributed by atoms with van der Waals surface area (Å²) in [6.07, 6.45) is 0.725. The van der Waals surface area contributed by atoms with Gasteiger partial charge in [-0.3, -0.25) is 4.79 Å². The van der Waals surface area contributed by atoms with Gasteiger partial charge in [-0.15, -0.1) is 0 Å². The van der Waals surface area contributed by atoms with Gasteiger partial charge in [0.2, 0.25) is 0 Å². The van der Waals surface area contributed by atoms with E-state index in [-0.39, 0.29) is 12.1 Å². The van der Waals surface area contributed by atoms with Crippen molar-refractivity contribution in [1.82, 2.24) is 0 Å². The third kappa shape index (κ3) is 2.54. The third-order valence-electron chi connectivity index (χ3n) is 2.79. The van der Waals surface area contributed by atoms with Crippen LogP contribution >= 0.6 is 11.6 Å². The fourth-order valence-corrected chi connectivity index (χ4v) is 1.50. The van der Waals surface area contributed by atoms with E-state index < -0.39 is 0 Å². The van der Waals surface area contributed by atoms with E-state index in [4.69, 9.17) is 11.6 Å². The number of aldehydes is 1. The van der Waals surface area contributed by atoms with Crippen LogP contribution in [0.25, 0.3) is 0 Å². The topological polar surface area (TPSA) is 40.5 Å². The zero-order valence-electron chi connectivity index (χ0n) is 9.70. The highest BCUT2D eigenvalue weighted by Gasteiger charge is 2.23. The van der Waals surface area contributed by atoms with Crippen molar-refractivity contribution in [3.8, 4) is 0 Å². The number of rotatable bonds is 4. The maximum absolute atomic E-state index is 10.6. The van der Waals surface area contributed by atoms with Crippen LogP contribution in [0.1, 0.15) is 24.2 Å². The number of hydrogen-bond donors (Lipinski definition) is 1. The predicted molar refractivity (Wildman–Crippen MR) is 66.4 cm³/mol. The third-order valence-corrected chi connectivity index (χ3v) is 3.12. The van der Waals surface area contributed by atoms with E-state index in [9.17, 15) is 9.90 Å². The molecule has 0 aromatic heterocycles. The van der Waals surface area contributed by atoms with Gasteiger partial charge in [0.15, 0.2) is 6.29 Å². The molecule has 0 saturated carbocycles. The van der Waals surface area contributed by atoms with E-state index >= 15 is 0 Å². The van der Waals surface area contributed by atoms with E-state index in [2.05, 4.69) is 0 Å². The van der Waals surface area contributed by atoms with Crippen molar-refractivity contribution in [2.75, 3.05) is 18.6 Å². The quantitative estimate of drug-likeness (QED) is 0.823. The van der Waals surface area contributed by atoms with Gasteiger partial charge in [-0.25, -0.2) is 0 Å². The SMILES string of the molecule is CN(c1ccc(C=O)c(Cl)c1)C(C)(C)CO. The number of carbonyl (C=O) groups excluding carboxylic acids is 1. The van der Waals surface area contributed by atoms with E-state index in [1.54, 1.807) is 12.1 Å². The van der Waals surface area contributed by atoms with Crippen LogP contribution in [0.4, 0.5) is 5.69 Å². The molecule has 88 valence electrons. The Labute approximate surface area is 101 Å². The van der Waals surface area contributed by atoms with Crippen LogP contribution < -0.4 is 4.90 Å². The molecule has 0 radical (unpaired) electrons. The predicted octanol–water partition coefficient (Wildman–Crippen LogP) is 2.36. The van der Waals surface area contributed by atoms with Gasteiger partial charge in [0.1, 0.15) is 0 Å². The molecule has 1 rings (SSSR count). The van der Waals surface area contributed by atoms with E-state index in [1.807, 2.05) is 31.9 Å². The Kier molecular flexibility index (Phi) is 3.94. The fourth-order valence-electron chi connectivity index (χ4n) is 1.28. The van der Waals surface area contributed by atoms with Crippen LogP contribution in [-0.2, 0) is 0 Å². The number of aliphatic hydroxyl groups excluding tert-OH is 1. The average Bonchev–Trinajstić information content (AvgIpc) is 2.27. The van der Waals surface area contributed by atoms with Crippen molar-refractivity contribution in [3.05, 3.63) is 28.8 Å². The lowest BCUT2D eigenvalue weighted by atomic mass is 10.0. The second kappa shape index (κ2) is 4.85. The number of anilines is 1. The normalized spacial score (nSPS) is 11.3. The minimum absolute atomic E-state index is 0.0382. The lowest BCUT2D eigenvalue weighted by Gasteiger charge is -2.36. The summed E-state index contributed by atoms with van der Waals surface area (Å²) in [5.74, 6) is 0. The summed E-state index contributed by atoms with van der Waals surface area (Å²) in [6.45, 7) is 3.89. The molecule has 0 unspecified atom stereocenters. The molecule has 4 heteroatoms. The Morgan fingerprint density at radius 1 is 1.50 bits per heavy atom. The van der Waals surface area contributed by atoms with Crippen molar-refractivity contribution in [2.24, 2.45) is 0 Å². The highest BCUT2D eigenvalue weighted by molar-refractivity contribution is 6.33. The standard InChI is InChI=1S/C12H16ClNO2/c1-12(2,8-16)14(3)10-5-4-9(7-15)11(13)6-10/h4-7,16H,8H2,1-3H3. The molecule has 0 bridgehead atoms. The van der Waals surface area contributed by atoms with Gasteiger partial charge in [-0.05, 0) is 32.0 Å². The smallest absolute Gasteiger partial charge is 0.151 e. The maximum Gasteiger partial charge on any atom is 0.151 e. The van der Waals surface area contributed by atoms with Crippen LogP contribution in [-0.4, -0.2) is 30.6 Å². The molecule has 0 amide bonds. The molecule has 0 spiro atoms. The van der Waals surface area contributed by atoms with Crippen molar-refractivity contribution in [1.29, 1.82) is 0 Å². The van der Waals surface area contributed by atoms with Crippen LogP contribution in [0.15, 0.2) is 18.2 Å². The first-order valence-electron chi connectivity index (χ1n) is 5.02. The van der Waals surface area contributed by atoms with Gasteiger partial charge >= 0.3 is 0 Å². The number of aliphatic hydroxyl groups is 1. The van der Waals surface area contributed by atoms with Gasteiger partial charge in [0.05, 0.1) is 17.2 Å². The number of benzene rings is 1. The monoisotopic (exact) mass is 241 g/mol. The number of likely N-dealkylation sites (N-methyl/N-ethyl adjacent to an activating group) is 1. The molecule has 3 nitrogen and oxygen atoms in total. The molecule has 0 fully saturated rings. The van der Waals surface area contributed by atoms with E-state index in [0.717, 1.165) is 12.0 Å². The van der Waals surface area contributed by atoms with Gasteiger partial charge < -0.3 is 10.0 Å². The number of hydrogen-bond acceptors (Lipinski definition) is 3. The van der Waals surface area contributed by atoms with Crippen LogP contribution in [0.2, 0.25) is 5.02 Å². The second-order valence-corrected chi connectivity index (χ2v) is 4.76. The van der Waals surface area contributed by atoms with Gasteiger partial charge in [-0.1, -0.05) is 11.6 Å². The molecule has 0 heterocycles. The molecule has 0 aliphatic rings. The first-order valence-corrected chi connectivity index (χ1v) is 5.39. The number of carbonyl (C=O) groups is 1. The molecule has 1 N–H and O–H groups in total. The number of halogens is 1. The molecule has 0 saturated heterocycles. The Hall–Kier alpha value is -1.06. The molecule has 1 aromatic rings. The van der Waals surface area contributed by atoms with E-state index in [0.29, 0.717) is 10.6 Å². The Morgan fingerprint density at radius 3 is 2.56 bits per heavy atom. The molecule has 16 heavy (non-hydrogen) atoms. The van der Waals surface area contributed by atoms with Gasteiger partial charge in [0.25, 0.3) is 0 Å². The lowest BCUT2D eigenvalue weighted by Crippen LogP contribution is -2.44. The van der Waals surface area contributed by atoms with Crippen LogP contribution in [0, 0.1) is 0 Å². The Balaban J connectivity index is 3.06. The molecule has 0 aliphatic carbocycles. The first kappa shape index (κ1) is 13.0. The average molecular weight is 242 g/mol. The summed E-state index contributed by atoms with van der Waals surface area (Å²) in [5.41, 5.74) is 0.974. The first-order chi connectivity index (χ1) is 7.42. The maximum atomic E-state index is 10.6. The van der Waals surface area contributed by atoms with Crippen molar-refractivity contribution in [3.63, 3.8) is 0 Å². The second-order valence-electron chi connectivity index (χ2n) is 4.35.